The Morgan fingerprint density at radius 3 is 2.67 bits per heavy atom. The van der Waals surface area contributed by atoms with Crippen LogP contribution >= 0.6 is 0 Å². The van der Waals surface area contributed by atoms with E-state index < -0.39 is 0 Å². The van der Waals surface area contributed by atoms with Crippen LogP contribution in [0.5, 0.6) is 0 Å². The fraction of sp³-hybridized carbons (Fsp3) is 0.643. The Morgan fingerprint density at radius 1 is 1.29 bits per heavy atom. The Kier molecular flexibility index (Phi) is 4.62. The molecule has 0 radical (unpaired) electrons. The van der Waals surface area contributed by atoms with Gasteiger partial charge in [0.15, 0.2) is 0 Å². The molecule has 2 heterocycles. The number of amides is 1. The van der Waals surface area contributed by atoms with Crippen molar-refractivity contribution in [3.63, 3.8) is 0 Å². The predicted octanol–water partition coefficient (Wildman–Crippen LogP) is 0.113. The van der Waals surface area contributed by atoms with Crippen molar-refractivity contribution in [1.29, 1.82) is 0 Å². The molecule has 1 aromatic rings. The molecular weight excluding hydrogens is 270 g/mol. The van der Waals surface area contributed by atoms with Gasteiger partial charge in [-0.05, 0) is 12.8 Å². The molecule has 0 unspecified atom stereocenters. The number of anilines is 1. The SMILES string of the molecule is O=C(NCCN1CCOCC1)c1cnc(NC2CC2)nc1. The molecule has 1 aromatic heterocycles. The van der Waals surface area contributed by atoms with E-state index in [2.05, 4.69) is 25.5 Å². The maximum Gasteiger partial charge on any atom is 0.254 e. The molecule has 2 fully saturated rings. The number of carbonyl (C=O) groups excluding carboxylic acids is 1. The van der Waals surface area contributed by atoms with Crippen molar-refractivity contribution >= 4 is 11.9 Å². The zero-order valence-corrected chi connectivity index (χ0v) is 12.0. The molecule has 1 saturated carbocycles. The molecule has 0 spiro atoms. The number of nitrogens with zero attached hydrogens (tertiary/aromatic N) is 3. The van der Waals surface area contributed by atoms with Crippen molar-refractivity contribution < 1.29 is 9.53 Å². The van der Waals surface area contributed by atoms with Gasteiger partial charge in [0.05, 0.1) is 18.8 Å². The van der Waals surface area contributed by atoms with Crippen LogP contribution in [0.2, 0.25) is 0 Å². The minimum absolute atomic E-state index is 0.124. The van der Waals surface area contributed by atoms with Crippen LogP contribution < -0.4 is 10.6 Å². The number of nitrogens with one attached hydrogen (secondary N) is 2. The van der Waals surface area contributed by atoms with Crippen LogP contribution in [-0.4, -0.2) is 66.2 Å². The van der Waals surface area contributed by atoms with Crippen molar-refractivity contribution in [2.75, 3.05) is 44.7 Å². The van der Waals surface area contributed by atoms with E-state index in [0.29, 0.717) is 24.1 Å². The molecule has 7 heteroatoms. The van der Waals surface area contributed by atoms with E-state index in [9.17, 15) is 4.79 Å². The first-order valence-corrected chi connectivity index (χ1v) is 7.48. The van der Waals surface area contributed by atoms with Crippen molar-refractivity contribution in [3.05, 3.63) is 18.0 Å². The lowest BCUT2D eigenvalue weighted by Crippen LogP contribution is -2.41. The third-order valence-corrected chi connectivity index (χ3v) is 3.64. The maximum atomic E-state index is 12.0. The quantitative estimate of drug-likeness (QED) is 0.774. The van der Waals surface area contributed by atoms with Crippen molar-refractivity contribution in [1.82, 2.24) is 20.2 Å². The normalized spacial score (nSPS) is 19.2. The summed E-state index contributed by atoms with van der Waals surface area (Å²) in [6.07, 6.45) is 5.49. The molecule has 2 N–H and O–H groups in total. The number of hydrogen-bond acceptors (Lipinski definition) is 6. The summed E-state index contributed by atoms with van der Waals surface area (Å²) in [5, 5.41) is 6.09. The second-order valence-corrected chi connectivity index (χ2v) is 5.42. The summed E-state index contributed by atoms with van der Waals surface area (Å²) >= 11 is 0. The van der Waals surface area contributed by atoms with Crippen LogP contribution in [0.1, 0.15) is 23.2 Å². The largest absolute Gasteiger partial charge is 0.379 e. The summed E-state index contributed by atoms with van der Waals surface area (Å²) in [6.45, 7) is 4.88. The lowest BCUT2D eigenvalue weighted by Gasteiger charge is -2.26. The second kappa shape index (κ2) is 6.82. The van der Waals surface area contributed by atoms with Crippen molar-refractivity contribution in [3.8, 4) is 0 Å². The van der Waals surface area contributed by atoms with Crippen molar-refractivity contribution in [2.45, 2.75) is 18.9 Å². The second-order valence-electron chi connectivity index (χ2n) is 5.42. The third kappa shape index (κ3) is 4.37. The van der Waals surface area contributed by atoms with E-state index in [1.807, 2.05) is 0 Å². The highest BCUT2D eigenvalue weighted by atomic mass is 16.5. The summed E-state index contributed by atoms with van der Waals surface area (Å²) in [5.74, 6) is 0.476. The summed E-state index contributed by atoms with van der Waals surface area (Å²) in [6, 6.07) is 0.512. The molecule has 114 valence electrons. The molecule has 0 aromatic carbocycles. The van der Waals surface area contributed by atoms with Gasteiger partial charge in [0, 0.05) is 44.6 Å². The first-order valence-electron chi connectivity index (χ1n) is 7.48. The van der Waals surface area contributed by atoms with Gasteiger partial charge in [-0.3, -0.25) is 9.69 Å². The molecular formula is C14H21N5O2. The third-order valence-electron chi connectivity index (χ3n) is 3.64. The minimum Gasteiger partial charge on any atom is -0.379 e. The van der Waals surface area contributed by atoms with Crippen LogP contribution in [0.4, 0.5) is 5.95 Å². The Morgan fingerprint density at radius 2 is 2.00 bits per heavy atom. The average Bonchev–Trinajstić information content (AvgIpc) is 3.33. The van der Waals surface area contributed by atoms with Gasteiger partial charge < -0.3 is 15.4 Å². The van der Waals surface area contributed by atoms with Gasteiger partial charge >= 0.3 is 0 Å². The van der Waals surface area contributed by atoms with Gasteiger partial charge in [-0.25, -0.2) is 9.97 Å². The van der Waals surface area contributed by atoms with E-state index in [4.69, 9.17) is 4.74 Å². The molecule has 21 heavy (non-hydrogen) atoms. The highest BCUT2D eigenvalue weighted by Gasteiger charge is 2.21. The lowest BCUT2D eigenvalue weighted by molar-refractivity contribution is 0.0383. The summed E-state index contributed by atoms with van der Waals surface area (Å²) in [4.78, 5) is 22.6. The van der Waals surface area contributed by atoms with E-state index >= 15 is 0 Å². The van der Waals surface area contributed by atoms with Crippen LogP contribution in [0.3, 0.4) is 0 Å². The molecule has 0 atom stereocenters. The Balaban J connectivity index is 1.41. The first kappa shape index (κ1) is 14.2. The van der Waals surface area contributed by atoms with Gasteiger partial charge in [0.2, 0.25) is 5.95 Å². The standard InChI is InChI=1S/C14H21N5O2/c20-13(15-3-4-19-5-7-21-8-6-19)11-9-16-14(17-10-11)18-12-1-2-12/h9-10,12H,1-8H2,(H,15,20)(H,16,17,18). The maximum absolute atomic E-state index is 12.0. The van der Waals surface area contributed by atoms with Crippen LogP contribution in [-0.2, 0) is 4.74 Å². The zero-order valence-electron chi connectivity index (χ0n) is 12.0. The minimum atomic E-state index is -0.124. The zero-order chi connectivity index (χ0) is 14.5. The molecule has 1 aliphatic heterocycles. The van der Waals surface area contributed by atoms with Gasteiger partial charge in [-0.1, -0.05) is 0 Å². The fourth-order valence-corrected chi connectivity index (χ4v) is 2.18. The van der Waals surface area contributed by atoms with E-state index in [1.165, 1.54) is 12.8 Å². The molecule has 1 aliphatic carbocycles. The number of ether oxygens (including phenoxy) is 1. The topological polar surface area (TPSA) is 79.4 Å². The summed E-state index contributed by atoms with van der Waals surface area (Å²) in [5.41, 5.74) is 0.498. The summed E-state index contributed by atoms with van der Waals surface area (Å²) in [7, 11) is 0. The highest BCUT2D eigenvalue weighted by molar-refractivity contribution is 5.93. The number of morpholine rings is 1. The van der Waals surface area contributed by atoms with Gasteiger partial charge in [-0.15, -0.1) is 0 Å². The number of hydrogen-bond donors (Lipinski definition) is 2. The predicted molar refractivity (Wildman–Crippen MR) is 78.3 cm³/mol. The highest BCUT2D eigenvalue weighted by Crippen LogP contribution is 2.22. The Bertz CT molecular complexity index is 469. The molecule has 3 rings (SSSR count). The lowest BCUT2D eigenvalue weighted by atomic mass is 10.3. The smallest absolute Gasteiger partial charge is 0.254 e. The first-order chi connectivity index (χ1) is 10.3. The number of aromatic nitrogens is 2. The van der Waals surface area contributed by atoms with Crippen molar-refractivity contribution in [2.24, 2.45) is 0 Å². The van der Waals surface area contributed by atoms with Crippen LogP contribution in [0.25, 0.3) is 0 Å². The van der Waals surface area contributed by atoms with Gasteiger partial charge in [0.25, 0.3) is 5.91 Å². The Hall–Kier alpha value is -1.73. The van der Waals surface area contributed by atoms with Gasteiger partial charge in [0.1, 0.15) is 0 Å². The number of carbonyl (C=O) groups is 1. The van der Waals surface area contributed by atoms with Crippen LogP contribution in [0.15, 0.2) is 12.4 Å². The number of rotatable bonds is 6. The molecule has 2 aliphatic rings. The van der Waals surface area contributed by atoms with E-state index in [1.54, 1.807) is 12.4 Å². The van der Waals surface area contributed by atoms with Gasteiger partial charge in [-0.2, -0.15) is 0 Å². The molecule has 0 bridgehead atoms. The fourth-order valence-electron chi connectivity index (χ4n) is 2.18. The average molecular weight is 291 g/mol. The van der Waals surface area contributed by atoms with E-state index in [0.717, 1.165) is 32.8 Å². The summed E-state index contributed by atoms with van der Waals surface area (Å²) < 4.78 is 5.29. The molecule has 7 nitrogen and oxygen atoms in total. The molecule has 1 saturated heterocycles. The Labute approximate surface area is 124 Å². The molecule has 1 amide bonds. The van der Waals surface area contributed by atoms with E-state index in [-0.39, 0.29) is 5.91 Å². The monoisotopic (exact) mass is 291 g/mol. The van der Waals surface area contributed by atoms with Crippen LogP contribution in [0, 0.1) is 0 Å².